The van der Waals surface area contributed by atoms with Gasteiger partial charge in [0.15, 0.2) is 17.2 Å². The highest BCUT2D eigenvalue weighted by atomic mass is 28.3. The van der Waals surface area contributed by atoms with E-state index >= 15 is 4.39 Å². The third-order valence-electron chi connectivity index (χ3n) is 8.28. The van der Waals surface area contributed by atoms with Crippen LogP contribution in [-0.4, -0.2) is 70.6 Å². The standard InChI is InChI=1S/C34H41F2N5O5Si/c1-8-9-13-39-14-12-34(31(39)43)25-11-10-22(35)17-24(25)30(42)41(34)20-23-18-27-28(40(23)21-45-15-16-47(5,6)7)19-26(36)29(37-27)38-32(44)46-33(2,3)4/h10-11,17-19H,12-16,20-21H2,1-7H3,(H,37,38,44)/q-1/t34-/m0/s1. The van der Waals surface area contributed by atoms with Gasteiger partial charge in [0.1, 0.15) is 18.1 Å². The Bertz CT molecular complexity index is 1800. The molecule has 1 N–H and O–H groups in total. The van der Waals surface area contributed by atoms with Crippen LogP contribution in [0, 0.1) is 23.5 Å². The minimum absolute atomic E-state index is 0.0338. The van der Waals surface area contributed by atoms with Crippen LogP contribution in [0.15, 0.2) is 30.3 Å². The van der Waals surface area contributed by atoms with Gasteiger partial charge < -0.3 is 23.8 Å². The molecular formula is C34H41F2N5O5Si-. The van der Waals surface area contributed by atoms with Crippen LogP contribution in [0.3, 0.4) is 0 Å². The van der Waals surface area contributed by atoms with Crippen molar-refractivity contribution in [3.8, 4) is 11.8 Å². The lowest BCUT2D eigenvalue weighted by atomic mass is 9.87. The Morgan fingerprint density at radius 1 is 1.15 bits per heavy atom. The van der Waals surface area contributed by atoms with E-state index in [0.29, 0.717) is 41.9 Å². The van der Waals surface area contributed by atoms with E-state index in [0.717, 1.165) is 6.04 Å². The maximum atomic E-state index is 15.4. The predicted molar refractivity (Wildman–Crippen MR) is 176 cm³/mol. The first kappa shape index (κ1) is 34.1. The summed E-state index contributed by atoms with van der Waals surface area (Å²) in [4.78, 5) is 48.0. The quantitative estimate of drug-likeness (QED) is 0.169. The first-order chi connectivity index (χ1) is 22.0. The van der Waals surface area contributed by atoms with Crippen LogP contribution in [0.25, 0.3) is 11.0 Å². The van der Waals surface area contributed by atoms with Gasteiger partial charge in [0.2, 0.25) is 0 Å². The number of rotatable bonds is 9. The molecule has 4 heterocycles. The van der Waals surface area contributed by atoms with Crippen LogP contribution < -0.4 is 5.32 Å². The van der Waals surface area contributed by atoms with Gasteiger partial charge in [-0.15, -0.1) is 20.0 Å². The van der Waals surface area contributed by atoms with Gasteiger partial charge in [-0.3, -0.25) is 14.9 Å². The second-order valence-corrected chi connectivity index (χ2v) is 19.7. The van der Waals surface area contributed by atoms with Crippen LogP contribution in [0.5, 0.6) is 0 Å². The molecule has 251 valence electrons. The normalized spacial score (nSPS) is 17.8. The highest BCUT2D eigenvalue weighted by Crippen LogP contribution is 2.47. The van der Waals surface area contributed by atoms with Crippen molar-refractivity contribution in [3.05, 3.63) is 58.8 Å². The van der Waals surface area contributed by atoms with Crippen molar-refractivity contribution in [2.75, 3.05) is 25.0 Å². The fraction of sp³-hybridized carbons (Fsp3) is 0.471. The fourth-order valence-electron chi connectivity index (χ4n) is 5.99. The molecule has 2 aromatic heterocycles. The van der Waals surface area contributed by atoms with Gasteiger partial charge in [-0.2, -0.15) is 19.6 Å². The van der Waals surface area contributed by atoms with Crippen molar-refractivity contribution < 1.29 is 32.6 Å². The first-order valence-corrected chi connectivity index (χ1v) is 19.3. The molecule has 0 unspecified atom stereocenters. The Kier molecular flexibility index (Phi) is 9.22. The second kappa shape index (κ2) is 12.7. The highest BCUT2D eigenvalue weighted by molar-refractivity contribution is 6.76. The number of pyridine rings is 1. The number of hydrogen-bond acceptors (Lipinski definition) is 6. The average molecular weight is 666 g/mol. The van der Waals surface area contributed by atoms with Gasteiger partial charge in [0.25, 0.3) is 11.8 Å². The van der Waals surface area contributed by atoms with Crippen LogP contribution in [-0.2, 0) is 33.1 Å². The summed E-state index contributed by atoms with van der Waals surface area (Å²) < 4.78 is 42.9. The molecule has 3 amide bonds. The molecule has 1 fully saturated rings. The molecule has 1 saturated heterocycles. The SMILES string of the molecule is CC#CCN1CC[C@@]2(C1=O)c1ccc(F)cc1C(=O)N2Cc1cc2nc(NC(=O)OC(C)(C)C)c(F)cc2n1COCC[Si-](C)(C)C. The number of nitrogens with one attached hydrogen (secondary N) is 1. The number of nitrogens with zero attached hydrogens (tertiary/aromatic N) is 4. The number of hydrogen-bond donors (Lipinski definition) is 1. The molecule has 5 rings (SSSR count). The van der Waals surface area contributed by atoms with Gasteiger partial charge in [-0.25, -0.2) is 18.6 Å². The Morgan fingerprint density at radius 2 is 1.89 bits per heavy atom. The van der Waals surface area contributed by atoms with Gasteiger partial charge >= 0.3 is 6.09 Å². The Labute approximate surface area is 274 Å². The van der Waals surface area contributed by atoms with Crippen molar-refractivity contribution in [1.82, 2.24) is 19.4 Å². The molecule has 47 heavy (non-hydrogen) atoms. The van der Waals surface area contributed by atoms with E-state index < -0.39 is 42.8 Å². The lowest BCUT2D eigenvalue weighted by Gasteiger charge is -2.34. The summed E-state index contributed by atoms with van der Waals surface area (Å²) in [6.45, 7) is 14.5. The third-order valence-corrected chi connectivity index (χ3v) is 9.98. The summed E-state index contributed by atoms with van der Waals surface area (Å²) in [6.07, 6.45) is -0.560. The number of aromatic nitrogens is 2. The molecule has 2 aliphatic heterocycles. The van der Waals surface area contributed by atoms with Crippen molar-refractivity contribution >= 4 is 42.8 Å². The molecule has 2 aliphatic rings. The highest BCUT2D eigenvalue weighted by Gasteiger charge is 2.59. The molecular weight excluding hydrogens is 624 g/mol. The number of likely N-dealkylation sites (tertiary alicyclic amines) is 1. The minimum Gasteiger partial charge on any atom is -0.444 e. The summed E-state index contributed by atoms with van der Waals surface area (Å²) in [7, 11) is -1.42. The smallest absolute Gasteiger partial charge is 0.413 e. The van der Waals surface area contributed by atoms with E-state index in [-0.39, 0.29) is 37.1 Å². The zero-order chi connectivity index (χ0) is 34.3. The molecule has 0 radical (unpaired) electrons. The minimum atomic E-state index is -1.42. The number of ether oxygens (including phenoxy) is 2. The number of carbonyl (C=O) groups excluding carboxylic acids is 3. The number of halogens is 2. The molecule has 1 aromatic carbocycles. The summed E-state index contributed by atoms with van der Waals surface area (Å²) >= 11 is 0. The molecule has 0 aliphatic carbocycles. The van der Waals surface area contributed by atoms with E-state index in [1.807, 2.05) is 0 Å². The second-order valence-electron chi connectivity index (χ2n) is 14.1. The van der Waals surface area contributed by atoms with Crippen molar-refractivity contribution in [1.29, 1.82) is 0 Å². The molecule has 10 nitrogen and oxygen atoms in total. The van der Waals surface area contributed by atoms with Crippen LogP contribution in [0.4, 0.5) is 19.4 Å². The lowest BCUT2D eigenvalue weighted by Crippen LogP contribution is -2.49. The van der Waals surface area contributed by atoms with E-state index in [9.17, 15) is 18.8 Å². The lowest BCUT2D eigenvalue weighted by molar-refractivity contribution is -0.136. The molecule has 1 spiro atoms. The maximum absolute atomic E-state index is 15.4. The zero-order valence-corrected chi connectivity index (χ0v) is 28.9. The Hall–Kier alpha value is -4.28. The predicted octanol–water partition coefficient (Wildman–Crippen LogP) is 6.08. The fourth-order valence-corrected chi connectivity index (χ4v) is 6.75. The summed E-state index contributed by atoms with van der Waals surface area (Å²) in [5.41, 5.74) is -0.354. The molecule has 13 heteroatoms. The van der Waals surface area contributed by atoms with Gasteiger partial charge in [-0.1, -0.05) is 12.0 Å². The Morgan fingerprint density at radius 3 is 2.57 bits per heavy atom. The summed E-state index contributed by atoms with van der Waals surface area (Å²) in [5.74, 6) is 3.28. The van der Waals surface area contributed by atoms with Crippen LogP contribution >= 0.6 is 0 Å². The largest absolute Gasteiger partial charge is 0.444 e. The topological polar surface area (TPSA) is 106 Å². The van der Waals surface area contributed by atoms with E-state index in [1.165, 1.54) is 29.2 Å². The van der Waals surface area contributed by atoms with Crippen LogP contribution in [0.2, 0.25) is 25.7 Å². The number of benzene rings is 1. The van der Waals surface area contributed by atoms with E-state index in [1.54, 1.807) is 43.2 Å². The number of fused-ring (bicyclic) bond motifs is 3. The van der Waals surface area contributed by atoms with E-state index in [2.05, 4.69) is 41.8 Å². The third kappa shape index (κ3) is 6.89. The molecule has 0 saturated carbocycles. The molecule has 3 aromatic rings. The van der Waals surface area contributed by atoms with Gasteiger partial charge in [0, 0.05) is 42.5 Å². The molecule has 1 atom stereocenters. The van der Waals surface area contributed by atoms with Crippen molar-refractivity contribution in [2.45, 2.75) is 84.2 Å². The summed E-state index contributed by atoms with van der Waals surface area (Å²) in [5, 5.41) is 2.38. The van der Waals surface area contributed by atoms with Crippen LogP contribution in [0.1, 0.15) is 55.7 Å². The number of carbonyl (C=O) groups is 3. The van der Waals surface area contributed by atoms with Crippen molar-refractivity contribution in [3.63, 3.8) is 0 Å². The average Bonchev–Trinajstić information content (AvgIpc) is 3.54. The van der Waals surface area contributed by atoms with E-state index in [4.69, 9.17) is 9.47 Å². The first-order valence-electron chi connectivity index (χ1n) is 15.6. The number of anilines is 1. The summed E-state index contributed by atoms with van der Waals surface area (Å²) in [6, 6.07) is 7.77. The zero-order valence-electron chi connectivity index (χ0n) is 27.9. The Balaban J connectivity index is 1.56. The monoisotopic (exact) mass is 665 g/mol. The van der Waals surface area contributed by atoms with Crippen molar-refractivity contribution in [2.24, 2.45) is 0 Å². The molecule has 0 bridgehead atoms. The number of amides is 3. The maximum Gasteiger partial charge on any atom is 0.413 e. The van der Waals surface area contributed by atoms with Gasteiger partial charge in [0.05, 0.1) is 24.1 Å². The van der Waals surface area contributed by atoms with Gasteiger partial charge in [-0.05, 0) is 45.9 Å².